The van der Waals surface area contributed by atoms with Gasteiger partial charge in [0.05, 0.1) is 0 Å². The predicted molar refractivity (Wildman–Crippen MR) is 78.7 cm³/mol. The summed E-state index contributed by atoms with van der Waals surface area (Å²) in [6.07, 6.45) is 2.79. The van der Waals surface area contributed by atoms with E-state index in [0.29, 0.717) is 24.8 Å². The highest BCUT2D eigenvalue weighted by molar-refractivity contribution is 7.86. The van der Waals surface area contributed by atoms with Crippen LogP contribution in [0.1, 0.15) is 40.0 Å². The van der Waals surface area contributed by atoms with Crippen molar-refractivity contribution >= 4 is 29.1 Å². The lowest BCUT2D eigenvalue weighted by molar-refractivity contribution is -0.121. The summed E-state index contributed by atoms with van der Waals surface area (Å²) in [6.45, 7) is 7.38. The zero-order valence-electron chi connectivity index (χ0n) is 11.5. The topological polar surface area (TPSA) is 58.2 Å². The largest absolute Gasteiger partial charge is 0.355 e. The molecule has 0 spiro atoms. The van der Waals surface area contributed by atoms with E-state index in [1.54, 1.807) is 0 Å². The van der Waals surface area contributed by atoms with Crippen LogP contribution in [0.3, 0.4) is 0 Å². The van der Waals surface area contributed by atoms with Crippen molar-refractivity contribution in [3.8, 4) is 0 Å². The van der Waals surface area contributed by atoms with E-state index in [2.05, 4.69) is 10.6 Å². The summed E-state index contributed by atoms with van der Waals surface area (Å²) in [5.41, 5.74) is 0. The molecule has 0 aromatic rings. The summed E-state index contributed by atoms with van der Waals surface area (Å²) in [5, 5.41) is 6.13. The third-order valence-electron chi connectivity index (χ3n) is 2.89. The van der Waals surface area contributed by atoms with Crippen LogP contribution in [0.4, 0.5) is 0 Å². The molecule has 1 heterocycles. The molecule has 1 saturated heterocycles. The molecule has 2 unspecified atom stereocenters. The van der Waals surface area contributed by atoms with Gasteiger partial charge in [0.2, 0.25) is 5.91 Å². The second-order valence-electron chi connectivity index (χ2n) is 5.51. The third kappa shape index (κ3) is 6.71. The van der Waals surface area contributed by atoms with Gasteiger partial charge in [0.1, 0.15) is 0 Å². The molecule has 1 aliphatic heterocycles. The Morgan fingerprint density at radius 1 is 1.44 bits per heavy atom. The second-order valence-corrected chi connectivity index (χ2v) is 7.83. The fraction of sp³-hybridized carbons (Fsp3) is 0.917. The van der Waals surface area contributed by atoms with Gasteiger partial charge in [0.15, 0.2) is 0 Å². The molecule has 0 bridgehead atoms. The standard InChI is InChI=1S/C12H24N2O2S.ClH/c1-12(2,3)17(16)8-7-14-11(15)9-10-5-4-6-13-10;/h10,13H,4-9H2,1-3H3,(H,14,15);1H. The van der Waals surface area contributed by atoms with Gasteiger partial charge >= 0.3 is 0 Å². The summed E-state index contributed by atoms with van der Waals surface area (Å²) in [5.74, 6) is 0.600. The van der Waals surface area contributed by atoms with Crippen LogP contribution in [0.25, 0.3) is 0 Å². The molecule has 0 aromatic carbocycles. The minimum absolute atomic E-state index is 0. The number of nitrogens with one attached hydrogen (secondary N) is 2. The van der Waals surface area contributed by atoms with Gasteiger partial charge in [-0.2, -0.15) is 0 Å². The molecule has 18 heavy (non-hydrogen) atoms. The molecule has 1 fully saturated rings. The van der Waals surface area contributed by atoms with Crippen molar-refractivity contribution in [2.24, 2.45) is 0 Å². The van der Waals surface area contributed by atoms with Crippen molar-refractivity contribution in [1.29, 1.82) is 0 Å². The fourth-order valence-corrected chi connectivity index (χ4v) is 2.72. The Hall–Kier alpha value is -0.130. The van der Waals surface area contributed by atoms with Gasteiger partial charge in [-0.15, -0.1) is 12.4 Å². The Kier molecular flexibility index (Phi) is 8.06. The minimum atomic E-state index is -0.888. The van der Waals surface area contributed by atoms with Crippen molar-refractivity contribution in [3.05, 3.63) is 0 Å². The van der Waals surface area contributed by atoms with Crippen LogP contribution in [0.2, 0.25) is 0 Å². The second kappa shape index (κ2) is 8.12. The molecule has 0 radical (unpaired) electrons. The van der Waals surface area contributed by atoms with Gasteiger partial charge in [-0.25, -0.2) is 0 Å². The molecule has 1 rings (SSSR count). The lowest BCUT2D eigenvalue weighted by Gasteiger charge is -2.18. The highest BCUT2D eigenvalue weighted by Gasteiger charge is 2.20. The maximum absolute atomic E-state index is 11.7. The Bertz CT molecular complexity index is 286. The van der Waals surface area contributed by atoms with Crippen molar-refractivity contribution < 1.29 is 9.00 Å². The highest BCUT2D eigenvalue weighted by Crippen LogP contribution is 2.11. The summed E-state index contributed by atoms with van der Waals surface area (Å²) < 4.78 is 11.5. The van der Waals surface area contributed by atoms with Gasteiger partial charge in [0, 0.05) is 40.3 Å². The molecular formula is C12H25ClN2O2S. The first-order valence-corrected chi connectivity index (χ1v) is 7.60. The summed E-state index contributed by atoms with van der Waals surface area (Å²) in [7, 11) is -0.888. The van der Waals surface area contributed by atoms with E-state index in [4.69, 9.17) is 0 Å². The lowest BCUT2D eigenvalue weighted by Crippen LogP contribution is -2.35. The lowest BCUT2D eigenvalue weighted by atomic mass is 10.1. The molecule has 0 aromatic heterocycles. The smallest absolute Gasteiger partial charge is 0.221 e. The average Bonchev–Trinajstić information content (AvgIpc) is 2.68. The normalized spacial score (nSPS) is 21.2. The number of carbonyl (C=O) groups excluding carboxylic acids is 1. The van der Waals surface area contributed by atoms with Crippen LogP contribution in [-0.4, -0.2) is 39.7 Å². The molecular weight excluding hydrogens is 272 g/mol. The van der Waals surface area contributed by atoms with Crippen LogP contribution < -0.4 is 10.6 Å². The first-order chi connectivity index (χ1) is 7.89. The Labute approximate surface area is 119 Å². The number of amides is 1. The van der Waals surface area contributed by atoms with Gasteiger partial charge < -0.3 is 10.6 Å². The van der Waals surface area contributed by atoms with E-state index in [-0.39, 0.29) is 23.1 Å². The molecule has 108 valence electrons. The van der Waals surface area contributed by atoms with E-state index in [9.17, 15) is 9.00 Å². The van der Waals surface area contributed by atoms with Crippen molar-refractivity contribution in [2.75, 3.05) is 18.8 Å². The molecule has 2 atom stereocenters. The van der Waals surface area contributed by atoms with Crippen LogP contribution >= 0.6 is 12.4 Å². The van der Waals surface area contributed by atoms with E-state index < -0.39 is 10.8 Å². The minimum Gasteiger partial charge on any atom is -0.355 e. The maximum atomic E-state index is 11.7. The number of halogens is 1. The summed E-state index contributed by atoms with van der Waals surface area (Å²) in [6, 6.07) is 0.336. The van der Waals surface area contributed by atoms with Crippen molar-refractivity contribution in [1.82, 2.24) is 10.6 Å². The van der Waals surface area contributed by atoms with Crippen LogP contribution in [0.15, 0.2) is 0 Å². The third-order valence-corrected chi connectivity index (χ3v) is 4.83. The molecule has 0 saturated carbocycles. The van der Waals surface area contributed by atoms with E-state index >= 15 is 0 Å². The molecule has 0 aliphatic carbocycles. The summed E-state index contributed by atoms with van der Waals surface area (Å²) >= 11 is 0. The Morgan fingerprint density at radius 3 is 2.61 bits per heavy atom. The van der Waals surface area contributed by atoms with Crippen LogP contribution in [0, 0.1) is 0 Å². The van der Waals surface area contributed by atoms with E-state index in [1.807, 2.05) is 20.8 Å². The van der Waals surface area contributed by atoms with Gasteiger partial charge in [-0.1, -0.05) is 0 Å². The zero-order chi connectivity index (χ0) is 12.9. The van der Waals surface area contributed by atoms with Gasteiger partial charge in [-0.05, 0) is 40.2 Å². The van der Waals surface area contributed by atoms with Crippen LogP contribution in [-0.2, 0) is 15.6 Å². The van der Waals surface area contributed by atoms with Crippen LogP contribution in [0.5, 0.6) is 0 Å². The first-order valence-electron chi connectivity index (χ1n) is 6.28. The quantitative estimate of drug-likeness (QED) is 0.802. The van der Waals surface area contributed by atoms with E-state index in [1.165, 1.54) is 0 Å². The Morgan fingerprint density at radius 2 is 2.11 bits per heavy atom. The molecule has 6 heteroatoms. The number of hydrogen-bond donors (Lipinski definition) is 2. The average molecular weight is 297 g/mol. The van der Waals surface area contributed by atoms with Crippen molar-refractivity contribution in [3.63, 3.8) is 0 Å². The monoisotopic (exact) mass is 296 g/mol. The highest BCUT2D eigenvalue weighted by atomic mass is 35.5. The first kappa shape index (κ1) is 17.9. The van der Waals surface area contributed by atoms with E-state index in [0.717, 1.165) is 19.4 Å². The maximum Gasteiger partial charge on any atom is 0.221 e. The Balaban J connectivity index is 0.00000289. The molecule has 2 N–H and O–H groups in total. The number of rotatable bonds is 5. The zero-order valence-corrected chi connectivity index (χ0v) is 13.1. The predicted octanol–water partition coefficient (Wildman–Crippen LogP) is 1.21. The number of carbonyl (C=O) groups is 1. The SMILES string of the molecule is CC(C)(C)S(=O)CCNC(=O)CC1CCCN1.Cl. The van der Waals surface area contributed by atoms with Crippen molar-refractivity contribution in [2.45, 2.75) is 50.8 Å². The molecule has 1 aliphatic rings. The molecule has 1 amide bonds. The number of hydrogen-bond acceptors (Lipinski definition) is 3. The van der Waals surface area contributed by atoms with Gasteiger partial charge in [-0.3, -0.25) is 9.00 Å². The fourth-order valence-electron chi connectivity index (χ4n) is 1.82. The molecule has 4 nitrogen and oxygen atoms in total. The van der Waals surface area contributed by atoms with Gasteiger partial charge in [0.25, 0.3) is 0 Å². The summed E-state index contributed by atoms with van der Waals surface area (Å²) in [4.78, 5) is 11.6.